The summed E-state index contributed by atoms with van der Waals surface area (Å²) >= 11 is 0. The van der Waals surface area contributed by atoms with E-state index >= 15 is 0 Å². The van der Waals surface area contributed by atoms with Gasteiger partial charge in [-0.25, -0.2) is 8.78 Å². The number of carbonyl (C=O) groups is 1. The summed E-state index contributed by atoms with van der Waals surface area (Å²) in [5.41, 5.74) is 2.08. The van der Waals surface area contributed by atoms with Crippen molar-refractivity contribution >= 4 is 5.78 Å². The number of carbonyl (C=O) groups excluding carboxylic acids is 1. The van der Waals surface area contributed by atoms with Crippen LogP contribution in [0.5, 0.6) is 0 Å². The third-order valence-electron chi connectivity index (χ3n) is 4.91. The molecule has 0 saturated carbocycles. The van der Waals surface area contributed by atoms with Gasteiger partial charge < -0.3 is 4.90 Å². The van der Waals surface area contributed by atoms with E-state index in [0.29, 0.717) is 17.0 Å². The minimum atomic E-state index is -0.372. The van der Waals surface area contributed by atoms with E-state index in [-0.39, 0.29) is 23.8 Å². The van der Waals surface area contributed by atoms with Crippen molar-refractivity contribution in [2.24, 2.45) is 5.92 Å². The lowest BCUT2D eigenvalue weighted by Crippen LogP contribution is -2.30. The van der Waals surface area contributed by atoms with Crippen LogP contribution in [0.4, 0.5) is 8.78 Å². The highest BCUT2D eigenvalue weighted by Crippen LogP contribution is 2.22. The third-order valence-corrected chi connectivity index (χ3v) is 4.91. The van der Waals surface area contributed by atoms with Gasteiger partial charge in [-0.3, -0.25) is 4.79 Å². The molecule has 0 radical (unpaired) electrons. The van der Waals surface area contributed by atoms with Gasteiger partial charge >= 0.3 is 0 Å². The van der Waals surface area contributed by atoms with E-state index in [9.17, 15) is 13.6 Å². The van der Waals surface area contributed by atoms with Gasteiger partial charge in [0.25, 0.3) is 0 Å². The second-order valence-corrected chi connectivity index (χ2v) is 7.03. The third kappa shape index (κ3) is 4.95. The molecular formula is C21H23F2NO. The van der Waals surface area contributed by atoms with Gasteiger partial charge in [0.2, 0.25) is 0 Å². The molecule has 0 amide bonds. The molecule has 2 nitrogen and oxygen atoms in total. The summed E-state index contributed by atoms with van der Waals surface area (Å²) in [5, 5.41) is 0. The number of nitrogens with zero attached hydrogens (tertiary/aromatic N) is 1. The van der Waals surface area contributed by atoms with Crippen molar-refractivity contribution in [2.45, 2.75) is 25.7 Å². The molecule has 4 heteroatoms. The van der Waals surface area contributed by atoms with Crippen LogP contribution in [0.2, 0.25) is 0 Å². The van der Waals surface area contributed by atoms with Crippen LogP contribution in [0.15, 0.2) is 42.5 Å². The summed E-state index contributed by atoms with van der Waals surface area (Å²) in [7, 11) is 2.12. The number of Topliss-reactive ketones (excluding diaryl/α,β-unsaturated/α-hetero) is 1. The molecule has 0 aromatic heterocycles. The number of hydrogen-bond donors (Lipinski definition) is 0. The zero-order chi connectivity index (χ0) is 17.8. The van der Waals surface area contributed by atoms with E-state index in [1.165, 1.54) is 30.3 Å². The van der Waals surface area contributed by atoms with E-state index in [1.54, 1.807) is 6.07 Å². The van der Waals surface area contributed by atoms with Crippen LogP contribution in [0.3, 0.4) is 0 Å². The van der Waals surface area contributed by atoms with Crippen LogP contribution in [0.25, 0.3) is 0 Å². The Kier molecular flexibility index (Phi) is 5.59. The number of hydrogen-bond acceptors (Lipinski definition) is 2. The SMILES string of the molecule is CN1CCC(Cc2cc(F)cc(CC(=O)c3ccc(F)cc3)c2)CC1. The van der Waals surface area contributed by atoms with Crippen molar-refractivity contribution < 1.29 is 13.6 Å². The molecule has 1 aliphatic heterocycles. The van der Waals surface area contributed by atoms with Crippen LogP contribution in [0.1, 0.15) is 34.3 Å². The smallest absolute Gasteiger partial charge is 0.167 e. The molecule has 0 N–H and O–H groups in total. The highest BCUT2D eigenvalue weighted by atomic mass is 19.1. The Labute approximate surface area is 147 Å². The number of ketones is 1. The standard InChI is InChI=1S/C21H23F2NO/c1-24-8-6-15(7-9-24)10-16-11-17(13-20(23)12-16)14-21(25)18-2-4-19(22)5-3-18/h2-5,11-13,15H,6-10,14H2,1H3. The average molecular weight is 343 g/mol. The molecule has 0 spiro atoms. The van der Waals surface area contributed by atoms with Crippen molar-refractivity contribution in [1.82, 2.24) is 4.90 Å². The molecule has 132 valence electrons. The maximum absolute atomic E-state index is 14.0. The number of rotatable bonds is 5. The van der Waals surface area contributed by atoms with Crippen molar-refractivity contribution in [2.75, 3.05) is 20.1 Å². The number of likely N-dealkylation sites (tertiary alicyclic amines) is 1. The Hall–Kier alpha value is -2.07. The van der Waals surface area contributed by atoms with E-state index in [4.69, 9.17) is 0 Å². The maximum atomic E-state index is 14.0. The second kappa shape index (κ2) is 7.87. The molecule has 2 aromatic carbocycles. The molecule has 3 rings (SSSR count). The molecule has 0 aliphatic carbocycles. The van der Waals surface area contributed by atoms with Gasteiger partial charge in [-0.15, -0.1) is 0 Å². The lowest BCUT2D eigenvalue weighted by atomic mass is 9.89. The van der Waals surface area contributed by atoms with Crippen molar-refractivity contribution in [3.05, 3.63) is 70.8 Å². The molecule has 1 aliphatic rings. The molecule has 1 saturated heterocycles. The zero-order valence-electron chi connectivity index (χ0n) is 14.5. The lowest BCUT2D eigenvalue weighted by molar-refractivity contribution is 0.0993. The van der Waals surface area contributed by atoms with Crippen molar-refractivity contribution in [3.63, 3.8) is 0 Å². The van der Waals surface area contributed by atoms with Crippen LogP contribution in [-0.4, -0.2) is 30.8 Å². The Morgan fingerprint density at radius 3 is 2.32 bits per heavy atom. The first-order valence-corrected chi connectivity index (χ1v) is 8.75. The summed E-state index contributed by atoms with van der Waals surface area (Å²) in [5.74, 6) is -0.232. The first kappa shape index (κ1) is 17.7. The fourth-order valence-corrected chi connectivity index (χ4v) is 3.46. The fraction of sp³-hybridized carbons (Fsp3) is 0.381. The fourth-order valence-electron chi connectivity index (χ4n) is 3.46. The quantitative estimate of drug-likeness (QED) is 0.756. The van der Waals surface area contributed by atoms with Crippen molar-refractivity contribution in [3.8, 4) is 0 Å². The monoisotopic (exact) mass is 343 g/mol. The van der Waals surface area contributed by atoms with E-state index in [0.717, 1.165) is 37.9 Å². The Bertz CT molecular complexity index is 734. The number of piperidine rings is 1. The summed E-state index contributed by atoms with van der Waals surface area (Å²) < 4.78 is 26.9. The highest BCUT2D eigenvalue weighted by Gasteiger charge is 2.18. The highest BCUT2D eigenvalue weighted by molar-refractivity contribution is 5.97. The first-order valence-electron chi connectivity index (χ1n) is 8.75. The van der Waals surface area contributed by atoms with Gasteiger partial charge in [0, 0.05) is 12.0 Å². The Morgan fingerprint density at radius 1 is 1.00 bits per heavy atom. The summed E-state index contributed by atoms with van der Waals surface area (Å²) in [6, 6.07) is 10.4. The normalized spacial score (nSPS) is 16.1. The molecule has 0 unspecified atom stereocenters. The summed E-state index contributed by atoms with van der Waals surface area (Å²) in [6.45, 7) is 2.16. The minimum Gasteiger partial charge on any atom is -0.306 e. The molecule has 1 fully saturated rings. The average Bonchev–Trinajstić information content (AvgIpc) is 2.57. The minimum absolute atomic E-state index is 0.129. The summed E-state index contributed by atoms with van der Waals surface area (Å²) in [4.78, 5) is 14.6. The van der Waals surface area contributed by atoms with Gasteiger partial charge in [-0.1, -0.05) is 6.07 Å². The van der Waals surface area contributed by atoms with Crippen LogP contribution < -0.4 is 0 Å². The van der Waals surface area contributed by atoms with Crippen LogP contribution in [0, 0.1) is 17.6 Å². The Morgan fingerprint density at radius 2 is 1.64 bits per heavy atom. The zero-order valence-corrected chi connectivity index (χ0v) is 14.5. The predicted molar refractivity (Wildman–Crippen MR) is 94.8 cm³/mol. The molecule has 0 bridgehead atoms. The van der Waals surface area contributed by atoms with E-state index < -0.39 is 0 Å². The van der Waals surface area contributed by atoms with Gasteiger partial charge in [0.05, 0.1) is 0 Å². The van der Waals surface area contributed by atoms with Crippen LogP contribution >= 0.6 is 0 Å². The Balaban J connectivity index is 1.68. The van der Waals surface area contributed by atoms with Crippen LogP contribution in [-0.2, 0) is 12.8 Å². The van der Waals surface area contributed by atoms with E-state index in [2.05, 4.69) is 11.9 Å². The number of halogens is 2. The molecule has 0 atom stereocenters. The number of benzene rings is 2. The lowest BCUT2D eigenvalue weighted by Gasteiger charge is -2.29. The van der Waals surface area contributed by atoms with Gasteiger partial charge in [0.1, 0.15) is 11.6 Å². The molecule has 25 heavy (non-hydrogen) atoms. The molecule has 1 heterocycles. The maximum Gasteiger partial charge on any atom is 0.167 e. The van der Waals surface area contributed by atoms with Gasteiger partial charge in [-0.2, -0.15) is 0 Å². The van der Waals surface area contributed by atoms with Gasteiger partial charge in [-0.05, 0) is 92.8 Å². The summed E-state index contributed by atoms with van der Waals surface area (Å²) in [6.07, 6.45) is 3.22. The largest absolute Gasteiger partial charge is 0.306 e. The topological polar surface area (TPSA) is 20.3 Å². The van der Waals surface area contributed by atoms with Gasteiger partial charge in [0.15, 0.2) is 5.78 Å². The molecular weight excluding hydrogens is 320 g/mol. The first-order chi connectivity index (χ1) is 12.0. The molecule has 2 aromatic rings. The van der Waals surface area contributed by atoms with Crippen molar-refractivity contribution in [1.29, 1.82) is 0 Å². The predicted octanol–water partition coefficient (Wildman–Crippen LogP) is 4.27. The van der Waals surface area contributed by atoms with E-state index in [1.807, 2.05) is 6.07 Å². The second-order valence-electron chi connectivity index (χ2n) is 7.03.